The first-order chi connectivity index (χ1) is 15.2. The Morgan fingerprint density at radius 3 is 2.58 bits per heavy atom. The first kappa shape index (κ1) is 20.8. The highest BCUT2D eigenvalue weighted by atomic mass is 32.1. The molecule has 4 aromatic rings. The molecule has 0 spiro atoms. The van der Waals surface area contributed by atoms with Crippen molar-refractivity contribution in [3.05, 3.63) is 78.1 Å². The Labute approximate surface area is 185 Å². The molecule has 31 heavy (non-hydrogen) atoms. The van der Waals surface area contributed by atoms with Gasteiger partial charge in [-0.1, -0.05) is 29.5 Å². The summed E-state index contributed by atoms with van der Waals surface area (Å²) in [5, 5.41) is 0.656. The topological polar surface area (TPSA) is 64.5 Å². The number of rotatable bonds is 8. The average molecular weight is 434 g/mol. The van der Waals surface area contributed by atoms with Crippen molar-refractivity contribution < 1.29 is 14.3 Å². The van der Waals surface area contributed by atoms with Crippen molar-refractivity contribution in [2.75, 3.05) is 18.6 Å². The summed E-state index contributed by atoms with van der Waals surface area (Å²) in [6, 6.07) is 17.2. The smallest absolute Gasteiger partial charge is 0.233 e. The Morgan fingerprint density at radius 1 is 1.06 bits per heavy atom. The minimum absolute atomic E-state index is 0.0287. The van der Waals surface area contributed by atoms with Crippen molar-refractivity contribution in [3.63, 3.8) is 0 Å². The Balaban J connectivity index is 1.62. The van der Waals surface area contributed by atoms with E-state index in [2.05, 4.69) is 4.98 Å². The minimum Gasteiger partial charge on any atom is -0.497 e. The van der Waals surface area contributed by atoms with Gasteiger partial charge in [0.2, 0.25) is 5.91 Å². The van der Waals surface area contributed by atoms with Crippen molar-refractivity contribution in [2.24, 2.45) is 0 Å². The molecule has 158 valence electrons. The predicted molar refractivity (Wildman–Crippen MR) is 123 cm³/mol. The Hall–Kier alpha value is -3.45. The summed E-state index contributed by atoms with van der Waals surface area (Å²) in [5.74, 6) is 1.51. The molecular formula is C24H23N3O3S. The van der Waals surface area contributed by atoms with Crippen molar-refractivity contribution in [1.82, 2.24) is 9.97 Å². The van der Waals surface area contributed by atoms with Crippen LogP contribution < -0.4 is 14.4 Å². The van der Waals surface area contributed by atoms with Gasteiger partial charge < -0.3 is 9.47 Å². The van der Waals surface area contributed by atoms with E-state index in [1.165, 1.54) is 11.3 Å². The van der Waals surface area contributed by atoms with Crippen LogP contribution in [0, 0.1) is 0 Å². The van der Waals surface area contributed by atoms with Crippen LogP contribution in [-0.4, -0.2) is 29.6 Å². The number of carbonyl (C=O) groups excluding carboxylic acids is 1. The van der Waals surface area contributed by atoms with Crippen molar-refractivity contribution in [2.45, 2.75) is 19.9 Å². The standard InChI is InChI=1S/C24H23N3O3S/c1-3-30-19-8-6-17(7-9-19)13-23(28)27(16-18-5-4-12-25-15-18)24-26-21-14-20(29-2)10-11-22(21)31-24/h4-12,14-15H,3,13,16H2,1-2H3. The maximum absolute atomic E-state index is 13.3. The van der Waals surface area contributed by atoms with Crippen LogP contribution in [0.3, 0.4) is 0 Å². The lowest BCUT2D eigenvalue weighted by atomic mass is 10.1. The molecule has 4 rings (SSSR count). The molecule has 0 saturated carbocycles. The molecule has 0 aliphatic heterocycles. The molecule has 2 aromatic carbocycles. The van der Waals surface area contributed by atoms with Gasteiger partial charge in [0, 0.05) is 18.5 Å². The molecule has 0 N–H and O–H groups in total. The number of methoxy groups -OCH3 is 1. The minimum atomic E-state index is -0.0287. The van der Waals surface area contributed by atoms with E-state index in [1.54, 1.807) is 24.4 Å². The third-order valence-electron chi connectivity index (χ3n) is 4.77. The first-order valence-electron chi connectivity index (χ1n) is 10.0. The lowest BCUT2D eigenvalue weighted by Gasteiger charge is -2.20. The number of anilines is 1. The molecule has 0 bridgehead atoms. The second kappa shape index (κ2) is 9.57. The largest absolute Gasteiger partial charge is 0.497 e. The number of fused-ring (bicyclic) bond motifs is 1. The molecule has 0 unspecified atom stereocenters. The number of benzene rings is 2. The SMILES string of the molecule is CCOc1ccc(CC(=O)N(Cc2cccnc2)c2nc3cc(OC)ccc3s2)cc1. The second-order valence-electron chi connectivity index (χ2n) is 6.92. The van der Waals surface area contributed by atoms with Gasteiger partial charge in [0.05, 0.1) is 36.9 Å². The zero-order valence-electron chi connectivity index (χ0n) is 17.4. The van der Waals surface area contributed by atoms with Crippen LogP contribution in [0.1, 0.15) is 18.1 Å². The van der Waals surface area contributed by atoms with Crippen molar-refractivity contribution in [3.8, 4) is 11.5 Å². The van der Waals surface area contributed by atoms with Crippen molar-refractivity contribution >= 4 is 32.6 Å². The highest BCUT2D eigenvalue weighted by molar-refractivity contribution is 7.22. The summed E-state index contributed by atoms with van der Waals surface area (Å²) < 4.78 is 11.8. The Kier molecular flexibility index (Phi) is 6.43. The second-order valence-corrected chi connectivity index (χ2v) is 7.93. The summed E-state index contributed by atoms with van der Waals surface area (Å²) in [5.41, 5.74) is 2.68. The highest BCUT2D eigenvalue weighted by Crippen LogP contribution is 2.32. The highest BCUT2D eigenvalue weighted by Gasteiger charge is 2.21. The van der Waals surface area contributed by atoms with E-state index in [0.29, 0.717) is 18.3 Å². The Bertz CT molecular complexity index is 1160. The van der Waals surface area contributed by atoms with Crippen LogP contribution in [-0.2, 0) is 17.8 Å². The summed E-state index contributed by atoms with van der Waals surface area (Å²) in [6.07, 6.45) is 3.76. The van der Waals surface area contributed by atoms with Crippen LogP contribution in [0.2, 0.25) is 0 Å². The van der Waals surface area contributed by atoms with Crippen LogP contribution in [0.15, 0.2) is 67.0 Å². The van der Waals surface area contributed by atoms with Crippen molar-refractivity contribution in [1.29, 1.82) is 0 Å². The number of carbonyl (C=O) groups is 1. The number of pyridine rings is 1. The third-order valence-corrected chi connectivity index (χ3v) is 5.83. The van der Waals surface area contributed by atoms with Crippen LogP contribution in [0.5, 0.6) is 11.5 Å². The number of amides is 1. The third kappa shape index (κ3) is 5.00. The lowest BCUT2D eigenvalue weighted by Crippen LogP contribution is -2.31. The van der Waals surface area contributed by atoms with Gasteiger partial charge in [-0.15, -0.1) is 0 Å². The maximum atomic E-state index is 13.3. The molecule has 0 saturated heterocycles. The Morgan fingerprint density at radius 2 is 1.87 bits per heavy atom. The predicted octanol–water partition coefficient (Wildman–Crippen LogP) is 4.87. The van der Waals surface area contributed by atoms with E-state index in [9.17, 15) is 4.79 Å². The molecule has 7 heteroatoms. The molecule has 6 nitrogen and oxygen atoms in total. The monoisotopic (exact) mass is 433 g/mol. The number of hydrogen-bond donors (Lipinski definition) is 0. The fraction of sp³-hybridized carbons (Fsp3) is 0.208. The van der Waals surface area contributed by atoms with Gasteiger partial charge in [0.15, 0.2) is 5.13 Å². The zero-order valence-corrected chi connectivity index (χ0v) is 18.3. The summed E-state index contributed by atoms with van der Waals surface area (Å²) in [6.45, 7) is 2.96. The fourth-order valence-corrected chi connectivity index (χ4v) is 4.18. The molecule has 0 fully saturated rings. The summed E-state index contributed by atoms with van der Waals surface area (Å²) >= 11 is 1.49. The molecule has 2 aromatic heterocycles. The summed E-state index contributed by atoms with van der Waals surface area (Å²) in [4.78, 5) is 24.0. The lowest BCUT2D eigenvalue weighted by molar-refractivity contribution is -0.118. The van der Waals surface area contributed by atoms with E-state index in [1.807, 2.05) is 61.5 Å². The molecule has 1 amide bonds. The van der Waals surface area contributed by atoms with Gasteiger partial charge in [0.1, 0.15) is 11.5 Å². The molecule has 0 aliphatic rings. The van der Waals surface area contributed by atoms with Gasteiger partial charge in [-0.2, -0.15) is 0 Å². The van der Waals surface area contributed by atoms with E-state index in [-0.39, 0.29) is 12.3 Å². The van der Waals surface area contributed by atoms with Crippen LogP contribution in [0.4, 0.5) is 5.13 Å². The van der Waals surface area contributed by atoms with Gasteiger partial charge in [-0.25, -0.2) is 4.98 Å². The average Bonchev–Trinajstić information content (AvgIpc) is 3.22. The van der Waals surface area contributed by atoms with Gasteiger partial charge in [-0.3, -0.25) is 14.7 Å². The molecule has 0 aliphatic carbocycles. The molecule has 2 heterocycles. The van der Waals surface area contributed by atoms with Gasteiger partial charge >= 0.3 is 0 Å². The zero-order chi connectivity index (χ0) is 21.6. The molecular weight excluding hydrogens is 410 g/mol. The molecule has 0 radical (unpaired) electrons. The van der Waals surface area contributed by atoms with E-state index in [4.69, 9.17) is 14.5 Å². The first-order valence-corrected chi connectivity index (χ1v) is 10.8. The molecule has 0 atom stereocenters. The quantitative estimate of drug-likeness (QED) is 0.396. The number of hydrogen-bond acceptors (Lipinski definition) is 6. The summed E-state index contributed by atoms with van der Waals surface area (Å²) in [7, 11) is 1.63. The maximum Gasteiger partial charge on any atom is 0.233 e. The fourth-order valence-electron chi connectivity index (χ4n) is 3.21. The van der Waals surface area contributed by atoms with E-state index < -0.39 is 0 Å². The van der Waals surface area contributed by atoms with Gasteiger partial charge in [-0.05, 0) is 48.4 Å². The normalized spacial score (nSPS) is 10.8. The van der Waals surface area contributed by atoms with E-state index in [0.717, 1.165) is 32.8 Å². The number of nitrogens with zero attached hydrogens (tertiary/aromatic N) is 3. The number of ether oxygens (including phenoxy) is 2. The van der Waals surface area contributed by atoms with E-state index >= 15 is 0 Å². The van der Waals surface area contributed by atoms with Crippen LogP contribution >= 0.6 is 11.3 Å². The van der Waals surface area contributed by atoms with Crippen LogP contribution in [0.25, 0.3) is 10.2 Å². The number of thiazole rings is 1. The van der Waals surface area contributed by atoms with Gasteiger partial charge in [0.25, 0.3) is 0 Å². The number of aromatic nitrogens is 2.